The van der Waals surface area contributed by atoms with Gasteiger partial charge >= 0.3 is 10.4 Å². The summed E-state index contributed by atoms with van der Waals surface area (Å²) in [4.78, 5) is 0. The normalized spacial score (nSPS) is 13.6. The van der Waals surface area contributed by atoms with Gasteiger partial charge in [0.2, 0.25) is 0 Å². The summed E-state index contributed by atoms with van der Waals surface area (Å²) in [6.07, 6.45) is -0.320. The molecule has 0 bridgehead atoms. The molecule has 0 aromatic carbocycles. The average Bonchev–Trinajstić information content (AvgIpc) is 2.00. The minimum atomic E-state index is -3.88. The summed E-state index contributed by atoms with van der Waals surface area (Å²) >= 11 is 0. The monoisotopic (exact) mass is 201 g/mol. The molecule has 76 valence electrons. The second-order valence-electron chi connectivity index (χ2n) is 1.92. The van der Waals surface area contributed by atoms with E-state index in [9.17, 15) is 8.42 Å². The first kappa shape index (κ1) is 14.3. The first-order chi connectivity index (χ1) is 5.02. The van der Waals surface area contributed by atoms with Crippen LogP contribution in [0, 0.1) is 0 Å². The molecule has 0 aliphatic heterocycles. The molecule has 0 heterocycles. The number of hydrogen-bond acceptors (Lipinski definition) is 6. The van der Waals surface area contributed by atoms with Crippen LogP contribution in [0.1, 0.15) is 13.3 Å². The second kappa shape index (κ2) is 6.32. The van der Waals surface area contributed by atoms with Crippen LogP contribution in [0.4, 0.5) is 0 Å². The quantitative estimate of drug-likeness (QED) is 0.639. The Kier molecular flexibility index (Phi) is 7.54. The van der Waals surface area contributed by atoms with Gasteiger partial charge in [-0.05, 0) is 6.42 Å². The van der Waals surface area contributed by atoms with E-state index in [2.05, 4.69) is 8.37 Å². The Morgan fingerprint density at radius 2 is 2.00 bits per heavy atom. The van der Waals surface area contributed by atoms with Crippen molar-refractivity contribution >= 4 is 10.4 Å². The van der Waals surface area contributed by atoms with Crippen molar-refractivity contribution < 1.29 is 21.9 Å². The van der Waals surface area contributed by atoms with Crippen LogP contribution in [0.15, 0.2) is 0 Å². The highest BCUT2D eigenvalue weighted by atomic mass is 32.3. The lowest BCUT2D eigenvalue weighted by molar-refractivity contribution is 0.0971. The Balaban J connectivity index is 0. The van der Waals surface area contributed by atoms with Crippen LogP contribution in [-0.4, -0.2) is 33.3 Å². The Morgan fingerprint density at radius 3 is 2.33 bits per heavy atom. The van der Waals surface area contributed by atoms with Crippen molar-refractivity contribution in [3.8, 4) is 0 Å². The van der Waals surface area contributed by atoms with Crippen LogP contribution in [0.2, 0.25) is 0 Å². The van der Waals surface area contributed by atoms with Gasteiger partial charge < -0.3 is 11.3 Å². The van der Waals surface area contributed by atoms with Crippen molar-refractivity contribution in [3.63, 3.8) is 0 Å². The fourth-order valence-corrected chi connectivity index (χ4v) is 0.748. The Labute approximate surface area is 72.4 Å². The largest absolute Gasteiger partial charge is 0.399 e. The second-order valence-corrected chi connectivity index (χ2v) is 3.31. The summed E-state index contributed by atoms with van der Waals surface area (Å²) in [6.45, 7) is 1.46. The summed E-state index contributed by atoms with van der Waals surface area (Å²) in [7, 11) is -2.89. The molecule has 0 aliphatic carbocycles. The molecule has 0 fully saturated rings. The van der Waals surface area contributed by atoms with Gasteiger partial charge in [-0.3, -0.25) is 4.18 Å². The third-order valence-corrected chi connectivity index (χ3v) is 1.91. The minimum absolute atomic E-state index is 0. The van der Waals surface area contributed by atoms with Crippen molar-refractivity contribution in [2.24, 2.45) is 0 Å². The zero-order valence-corrected chi connectivity index (χ0v) is 8.00. The number of hydrogen-bond donors (Lipinski definition) is 2. The van der Waals surface area contributed by atoms with Crippen LogP contribution in [0.25, 0.3) is 0 Å². The molecule has 1 unspecified atom stereocenters. The fraction of sp³-hybridized carbons (Fsp3) is 1.00. The molecule has 0 aromatic heterocycles. The third-order valence-electron chi connectivity index (χ3n) is 1.08. The molecular formula is C5H15NO5S. The Morgan fingerprint density at radius 1 is 1.50 bits per heavy atom. The Hall–Kier alpha value is -0.210. The van der Waals surface area contributed by atoms with Gasteiger partial charge in [-0.1, -0.05) is 6.92 Å². The maximum atomic E-state index is 10.5. The first-order valence-electron chi connectivity index (χ1n) is 3.15. The van der Waals surface area contributed by atoms with E-state index in [1.165, 1.54) is 0 Å². The van der Waals surface area contributed by atoms with Gasteiger partial charge in [0.25, 0.3) is 0 Å². The smallest absolute Gasteiger partial charge is 0.391 e. The fourth-order valence-electron chi connectivity index (χ4n) is 0.328. The summed E-state index contributed by atoms with van der Waals surface area (Å²) in [5.74, 6) is 0. The predicted molar refractivity (Wildman–Crippen MR) is 43.2 cm³/mol. The van der Waals surface area contributed by atoms with Crippen molar-refractivity contribution in [1.82, 2.24) is 6.15 Å². The van der Waals surface area contributed by atoms with Crippen molar-refractivity contribution in [3.05, 3.63) is 0 Å². The highest BCUT2D eigenvalue weighted by molar-refractivity contribution is 7.81. The lowest BCUT2D eigenvalue weighted by atomic mass is 10.3. The van der Waals surface area contributed by atoms with E-state index in [-0.39, 0.29) is 12.8 Å². The van der Waals surface area contributed by atoms with E-state index < -0.39 is 16.5 Å². The molecule has 0 spiro atoms. The number of rotatable bonds is 5. The van der Waals surface area contributed by atoms with E-state index in [0.29, 0.717) is 6.42 Å². The molecule has 0 rings (SSSR count). The minimum Gasteiger partial charge on any atom is -0.391 e. The van der Waals surface area contributed by atoms with Crippen molar-refractivity contribution in [1.29, 1.82) is 0 Å². The molecule has 6 nitrogen and oxygen atoms in total. The van der Waals surface area contributed by atoms with E-state index in [1.807, 2.05) is 0 Å². The Bertz CT molecular complexity index is 190. The van der Waals surface area contributed by atoms with Gasteiger partial charge in [-0.15, -0.1) is 0 Å². The highest BCUT2D eigenvalue weighted by Crippen LogP contribution is 1.97. The zero-order chi connectivity index (χ0) is 8.91. The molecule has 0 radical (unpaired) electrons. The highest BCUT2D eigenvalue weighted by Gasteiger charge is 2.11. The topological polar surface area (TPSA) is 108 Å². The van der Waals surface area contributed by atoms with Gasteiger partial charge in [0.15, 0.2) is 0 Å². The molecule has 7 heteroatoms. The molecule has 4 N–H and O–H groups in total. The van der Waals surface area contributed by atoms with Crippen LogP contribution in [0.3, 0.4) is 0 Å². The number of aliphatic hydroxyl groups is 1. The first-order valence-corrected chi connectivity index (χ1v) is 4.48. The summed E-state index contributed by atoms with van der Waals surface area (Å²) < 4.78 is 29.1. The number of aliphatic hydroxyl groups excluding tert-OH is 1. The van der Waals surface area contributed by atoms with Gasteiger partial charge in [0.05, 0.1) is 19.8 Å². The van der Waals surface area contributed by atoms with Crippen LogP contribution >= 0.6 is 0 Å². The van der Waals surface area contributed by atoms with E-state index in [0.717, 1.165) is 7.11 Å². The average molecular weight is 201 g/mol. The molecule has 1 atom stereocenters. The van der Waals surface area contributed by atoms with E-state index >= 15 is 0 Å². The molecule has 0 aromatic rings. The zero-order valence-electron chi connectivity index (χ0n) is 7.19. The van der Waals surface area contributed by atoms with Crippen LogP contribution in [-0.2, 0) is 18.8 Å². The van der Waals surface area contributed by atoms with E-state index in [4.69, 9.17) is 5.11 Å². The molecule has 0 amide bonds. The summed E-state index contributed by atoms with van der Waals surface area (Å²) in [5, 5.41) is 8.87. The molecule has 0 saturated heterocycles. The molecule has 0 saturated carbocycles. The van der Waals surface area contributed by atoms with Crippen molar-refractivity contribution in [2.45, 2.75) is 19.4 Å². The van der Waals surface area contributed by atoms with Gasteiger partial charge in [0.1, 0.15) is 0 Å². The lowest BCUT2D eigenvalue weighted by Crippen LogP contribution is -2.18. The van der Waals surface area contributed by atoms with Gasteiger partial charge in [-0.2, -0.15) is 8.42 Å². The van der Waals surface area contributed by atoms with Crippen molar-refractivity contribution in [2.75, 3.05) is 13.7 Å². The van der Waals surface area contributed by atoms with Crippen LogP contribution in [0.5, 0.6) is 0 Å². The predicted octanol–water partition coefficient (Wildman–Crippen LogP) is -0.173. The van der Waals surface area contributed by atoms with Crippen LogP contribution < -0.4 is 6.15 Å². The SMILES string of the molecule is CCC(O)COS(=O)(=O)OC.N. The lowest BCUT2D eigenvalue weighted by Gasteiger charge is -2.06. The molecular weight excluding hydrogens is 186 g/mol. The van der Waals surface area contributed by atoms with E-state index in [1.54, 1.807) is 6.92 Å². The third kappa shape index (κ3) is 6.50. The summed E-state index contributed by atoms with van der Waals surface area (Å²) in [5.41, 5.74) is 0. The molecule has 12 heavy (non-hydrogen) atoms. The standard InChI is InChI=1S/C5H12O5S.H3N/c1-3-5(6)4-10-11(7,8)9-2;/h5-6H,3-4H2,1-2H3;1H3. The maximum Gasteiger partial charge on any atom is 0.399 e. The van der Waals surface area contributed by atoms with Gasteiger partial charge in [-0.25, -0.2) is 4.18 Å². The summed E-state index contributed by atoms with van der Waals surface area (Å²) in [6, 6.07) is 0. The maximum absolute atomic E-state index is 10.5. The van der Waals surface area contributed by atoms with Gasteiger partial charge in [0, 0.05) is 0 Å². The molecule has 0 aliphatic rings.